The van der Waals surface area contributed by atoms with Crippen molar-refractivity contribution >= 4 is 40.9 Å². The molecule has 1 aliphatic carbocycles. The number of amides is 1. The summed E-state index contributed by atoms with van der Waals surface area (Å²) < 4.78 is 57.2. The summed E-state index contributed by atoms with van der Waals surface area (Å²) in [5.74, 6) is -4.13. The Labute approximate surface area is 235 Å². The Morgan fingerprint density at radius 1 is 1.00 bits per heavy atom. The predicted molar refractivity (Wildman–Crippen MR) is 136 cm³/mol. The zero-order valence-electron chi connectivity index (χ0n) is 20.7. The molecule has 8 nitrogen and oxygen atoms in total. The van der Waals surface area contributed by atoms with E-state index in [2.05, 4.69) is 10.1 Å². The Hall–Kier alpha value is -3.51. The SMILES string of the molecule is O=C(CN(Cc1ccc(F)cc1)C(=O)c1cnn([C@H]2CC[C@@H](C(=O)O)CC2)c1C(F)(F)F)c1c(Cl)cncc1Cl. The average Bonchev–Trinajstić information content (AvgIpc) is 3.35. The molecule has 14 heteroatoms. The van der Waals surface area contributed by atoms with Gasteiger partial charge in [-0.15, -0.1) is 0 Å². The van der Waals surface area contributed by atoms with Gasteiger partial charge in [-0.2, -0.15) is 18.3 Å². The molecular weight excluding hydrogens is 579 g/mol. The van der Waals surface area contributed by atoms with E-state index in [1.807, 2.05) is 0 Å². The van der Waals surface area contributed by atoms with Gasteiger partial charge in [0.2, 0.25) is 0 Å². The molecule has 1 aromatic carbocycles. The van der Waals surface area contributed by atoms with Crippen LogP contribution in [-0.4, -0.2) is 49.0 Å². The molecule has 0 bridgehead atoms. The van der Waals surface area contributed by atoms with E-state index >= 15 is 0 Å². The van der Waals surface area contributed by atoms with Gasteiger partial charge in [-0.05, 0) is 43.4 Å². The second-order valence-corrected chi connectivity index (χ2v) is 10.2. The molecule has 1 N–H and O–H groups in total. The van der Waals surface area contributed by atoms with Crippen LogP contribution in [0.5, 0.6) is 0 Å². The predicted octanol–water partition coefficient (Wildman–Crippen LogP) is 6.08. The van der Waals surface area contributed by atoms with Gasteiger partial charge in [-0.25, -0.2) is 4.39 Å². The smallest absolute Gasteiger partial charge is 0.433 e. The summed E-state index contributed by atoms with van der Waals surface area (Å²) in [6, 6.07) is 4.13. The number of ketones is 1. The lowest BCUT2D eigenvalue weighted by Crippen LogP contribution is -2.37. The van der Waals surface area contributed by atoms with Crippen molar-refractivity contribution < 1.29 is 37.1 Å². The number of rotatable bonds is 8. The van der Waals surface area contributed by atoms with Crippen LogP contribution in [0.1, 0.15) is 63.7 Å². The molecule has 4 rings (SSSR count). The van der Waals surface area contributed by atoms with Crippen LogP contribution >= 0.6 is 23.2 Å². The molecule has 0 atom stereocenters. The average molecular weight is 601 g/mol. The fourth-order valence-corrected chi connectivity index (χ4v) is 5.33. The third kappa shape index (κ3) is 6.44. The minimum absolute atomic E-state index is 0.104. The number of hydrogen-bond acceptors (Lipinski definition) is 5. The fourth-order valence-electron chi connectivity index (χ4n) is 4.76. The Balaban J connectivity index is 1.70. The number of halogens is 6. The molecule has 1 aliphatic rings. The van der Waals surface area contributed by atoms with Crippen molar-refractivity contribution in [3.05, 3.63) is 81.1 Å². The summed E-state index contributed by atoms with van der Waals surface area (Å²) in [7, 11) is 0. The molecule has 0 spiro atoms. The van der Waals surface area contributed by atoms with Crippen LogP contribution in [0.25, 0.3) is 0 Å². The van der Waals surface area contributed by atoms with Crippen LogP contribution in [-0.2, 0) is 17.5 Å². The van der Waals surface area contributed by atoms with E-state index in [0.29, 0.717) is 5.56 Å². The summed E-state index contributed by atoms with van der Waals surface area (Å²) in [4.78, 5) is 42.7. The molecule has 0 saturated heterocycles. The van der Waals surface area contributed by atoms with Crippen molar-refractivity contribution in [1.29, 1.82) is 0 Å². The van der Waals surface area contributed by atoms with Crippen molar-refractivity contribution in [2.24, 2.45) is 5.92 Å². The van der Waals surface area contributed by atoms with Gasteiger partial charge in [-0.3, -0.25) is 24.0 Å². The first-order chi connectivity index (χ1) is 18.9. The largest absolute Gasteiger partial charge is 0.481 e. The van der Waals surface area contributed by atoms with Crippen LogP contribution in [0.3, 0.4) is 0 Å². The maximum absolute atomic E-state index is 14.4. The highest BCUT2D eigenvalue weighted by Crippen LogP contribution is 2.39. The van der Waals surface area contributed by atoms with Gasteiger partial charge in [0, 0.05) is 18.9 Å². The molecule has 2 heterocycles. The van der Waals surface area contributed by atoms with Crippen molar-refractivity contribution in [3.8, 4) is 0 Å². The second-order valence-electron chi connectivity index (χ2n) is 9.38. The highest BCUT2D eigenvalue weighted by Gasteiger charge is 2.43. The Kier molecular flexibility index (Phi) is 8.79. The van der Waals surface area contributed by atoms with Crippen molar-refractivity contribution in [2.45, 2.75) is 44.4 Å². The van der Waals surface area contributed by atoms with E-state index in [0.717, 1.165) is 40.3 Å². The molecule has 40 heavy (non-hydrogen) atoms. The second kappa shape index (κ2) is 11.9. The van der Waals surface area contributed by atoms with Gasteiger partial charge in [0.25, 0.3) is 5.91 Å². The number of benzene rings is 1. The highest BCUT2D eigenvalue weighted by molar-refractivity contribution is 6.39. The number of aliphatic carboxylic acids is 1. The molecule has 3 aromatic rings. The van der Waals surface area contributed by atoms with E-state index < -0.39 is 59.4 Å². The summed E-state index contributed by atoms with van der Waals surface area (Å²) >= 11 is 12.1. The van der Waals surface area contributed by atoms with Crippen LogP contribution in [0.15, 0.2) is 42.9 Å². The maximum Gasteiger partial charge on any atom is 0.433 e. The van der Waals surface area contributed by atoms with E-state index in [1.54, 1.807) is 0 Å². The number of carboxylic acid groups (broad SMARTS) is 1. The van der Waals surface area contributed by atoms with Crippen LogP contribution in [0.2, 0.25) is 10.0 Å². The number of hydrogen-bond donors (Lipinski definition) is 1. The number of carboxylic acids is 1. The summed E-state index contributed by atoms with van der Waals surface area (Å²) in [6.45, 7) is -1.04. The number of pyridine rings is 1. The molecule has 2 aromatic heterocycles. The monoisotopic (exact) mass is 600 g/mol. The maximum atomic E-state index is 14.4. The van der Waals surface area contributed by atoms with Gasteiger partial charge >= 0.3 is 12.1 Å². The minimum Gasteiger partial charge on any atom is -0.481 e. The summed E-state index contributed by atoms with van der Waals surface area (Å²) in [5.41, 5.74) is -1.89. The Bertz CT molecular complexity index is 1400. The minimum atomic E-state index is -4.99. The molecule has 1 saturated carbocycles. The van der Waals surface area contributed by atoms with E-state index in [1.165, 1.54) is 12.1 Å². The number of carbonyl (C=O) groups excluding carboxylic acids is 2. The lowest BCUT2D eigenvalue weighted by molar-refractivity contribution is -0.147. The van der Waals surface area contributed by atoms with Gasteiger partial charge < -0.3 is 10.0 Å². The topological polar surface area (TPSA) is 105 Å². The van der Waals surface area contributed by atoms with E-state index in [-0.39, 0.29) is 47.8 Å². The van der Waals surface area contributed by atoms with Crippen molar-refractivity contribution in [3.63, 3.8) is 0 Å². The number of nitrogens with zero attached hydrogens (tertiary/aromatic N) is 4. The third-order valence-electron chi connectivity index (χ3n) is 6.73. The van der Waals surface area contributed by atoms with Gasteiger partial charge in [-0.1, -0.05) is 35.3 Å². The van der Waals surface area contributed by atoms with Crippen molar-refractivity contribution in [2.75, 3.05) is 6.54 Å². The summed E-state index contributed by atoms with van der Waals surface area (Å²) in [5, 5.41) is 12.9. The lowest BCUT2D eigenvalue weighted by atomic mass is 9.86. The molecule has 0 unspecified atom stereocenters. The third-order valence-corrected chi connectivity index (χ3v) is 7.30. The molecule has 0 aliphatic heterocycles. The molecule has 0 radical (unpaired) electrons. The first kappa shape index (κ1) is 29.5. The normalized spacial score (nSPS) is 17.4. The molecule has 1 amide bonds. The number of carbonyl (C=O) groups is 3. The van der Waals surface area contributed by atoms with Crippen LogP contribution in [0.4, 0.5) is 17.6 Å². The van der Waals surface area contributed by atoms with E-state index in [4.69, 9.17) is 23.2 Å². The zero-order chi connectivity index (χ0) is 29.2. The fraction of sp³-hybridized carbons (Fsp3) is 0.346. The standard InChI is InChI=1S/C26H22Cl2F4N4O4/c27-19-10-33-11-20(28)22(19)21(37)13-35(12-14-1-5-16(29)6-2-14)24(38)18-9-34-36(23(18)26(30,31)32)17-7-3-15(4-8-17)25(39)40/h1-2,5-6,9-11,15,17H,3-4,7-8,12-13H2,(H,39,40)/t15-,17+. The zero-order valence-corrected chi connectivity index (χ0v) is 22.2. The lowest BCUT2D eigenvalue weighted by Gasteiger charge is -2.28. The number of alkyl halides is 3. The molecular formula is C26H22Cl2F4N4O4. The van der Waals surface area contributed by atoms with Crippen LogP contribution in [0, 0.1) is 11.7 Å². The molecule has 212 valence electrons. The van der Waals surface area contributed by atoms with Gasteiger partial charge in [0.1, 0.15) is 5.82 Å². The van der Waals surface area contributed by atoms with Gasteiger partial charge in [0.15, 0.2) is 11.5 Å². The first-order valence-electron chi connectivity index (χ1n) is 12.1. The van der Waals surface area contributed by atoms with E-state index in [9.17, 15) is 37.1 Å². The Morgan fingerprint density at radius 3 is 2.15 bits per heavy atom. The summed E-state index contributed by atoms with van der Waals surface area (Å²) in [6.07, 6.45) is -1.27. The Morgan fingerprint density at radius 2 is 1.60 bits per heavy atom. The van der Waals surface area contributed by atoms with Crippen LogP contribution < -0.4 is 0 Å². The molecule has 1 fully saturated rings. The van der Waals surface area contributed by atoms with Crippen molar-refractivity contribution in [1.82, 2.24) is 19.7 Å². The quantitative estimate of drug-likeness (QED) is 0.248. The number of Topliss-reactive ketones (excluding diaryl/α,β-unsaturated/α-hetero) is 1. The first-order valence-corrected chi connectivity index (χ1v) is 12.9. The number of aromatic nitrogens is 3. The van der Waals surface area contributed by atoms with Gasteiger partial charge in [0.05, 0.1) is 45.9 Å². The highest BCUT2D eigenvalue weighted by atomic mass is 35.5.